The summed E-state index contributed by atoms with van der Waals surface area (Å²) in [6.07, 6.45) is -3.10. The molecule has 0 N–H and O–H groups in total. The van der Waals surface area contributed by atoms with E-state index in [0.717, 1.165) is 34.7 Å². The van der Waals surface area contributed by atoms with Crippen molar-refractivity contribution in [2.45, 2.75) is 25.4 Å². The van der Waals surface area contributed by atoms with Crippen LogP contribution in [0, 0.1) is 0 Å². The van der Waals surface area contributed by atoms with E-state index in [1.165, 1.54) is 6.07 Å². The summed E-state index contributed by atoms with van der Waals surface area (Å²) in [5.41, 5.74) is 1.74. The average Bonchev–Trinajstić information content (AvgIpc) is 3.48. The Hall–Kier alpha value is -4.08. The average molecular weight is 480 g/mol. The molecule has 1 amide bonds. The zero-order valence-corrected chi connectivity index (χ0v) is 18.4. The second-order valence-electron chi connectivity index (χ2n) is 8.45. The Kier molecular flexibility index (Phi) is 4.91. The lowest BCUT2D eigenvalue weighted by atomic mass is 10.0. The van der Waals surface area contributed by atoms with Gasteiger partial charge in [-0.05, 0) is 48.7 Å². The van der Waals surface area contributed by atoms with E-state index in [0.29, 0.717) is 23.6 Å². The van der Waals surface area contributed by atoms with Crippen molar-refractivity contribution in [3.05, 3.63) is 71.5 Å². The van der Waals surface area contributed by atoms with Gasteiger partial charge in [-0.15, -0.1) is 0 Å². The highest BCUT2D eigenvalue weighted by Gasteiger charge is 2.36. The van der Waals surface area contributed by atoms with Crippen LogP contribution in [0.5, 0.6) is 11.5 Å². The van der Waals surface area contributed by atoms with Crippen molar-refractivity contribution in [2.75, 3.05) is 18.2 Å². The second kappa shape index (κ2) is 8.00. The number of hydrogen-bond acceptors (Lipinski definition) is 5. The van der Waals surface area contributed by atoms with Crippen molar-refractivity contribution in [1.29, 1.82) is 0 Å². The number of rotatable bonds is 3. The number of ether oxygens (including phenoxy) is 2. The minimum atomic E-state index is -4.68. The normalized spacial score (nSPS) is 14.9. The van der Waals surface area contributed by atoms with Gasteiger partial charge in [0.2, 0.25) is 12.7 Å². The quantitative estimate of drug-likeness (QED) is 0.427. The second-order valence-corrected chi connectivity index (χ2v) is 8.45. The Labute approximate surface area is 197 Å². The molecule has 6 rings (SSSR count). The van der Waals surface area contributed by atoms with Crippen LogP contribution in [0.1, 0.15) is 23.4 Å². The number of aryl methyl sites for hydroxylation is 1. The number of alkyl halides is 3. The van der Waals surface area contributed by atoms with Crippen molar-refractivity contribution < 1.29 is 27.4 Å². The van der Waals surface area contributed by atoms with E-state index in [9.17, 15) is 18.0 Å². The molecule has 4 aromatic rings. The van der Waals surface area contributed by atoms with E-state index >= 15 is 0 Å². The fourth-order valence-corrected chi connectivity index (χ4v) is 4.56. The lowest BCUT2D eigenvalue weighted by Gasteiger charge is -2.29. The summed E-state index contributed by atoms with van der Waals surface area (Å²) in [4.78, 5) is 19.2. The SMILES string of the molecule is O=C(Cc1cc2nc(-c3ccc4c(c3)OCO4)cc(C(F)(F)F)n2n1)N1CCCc2ccccc21. The maximum Gasteiger partial charge on any atom is 0.433 e. The molecule has 0 unspecified atom stereocenters. The van der Waals surface area contributed by atoms with E-state index in [2.05, 4.69) is 10.1 Å². The van der Waals surface area contributed by atoms with Gasteiger partial charge in [-0.2, -0.15) is 18.3 Å². The number of halogens is 3. The molecule has 0 saturated carbocycles. The Morgan fingerprint density at radius 3 is 2.71 bits per heavy atom. The molecule has 2 aliphatic heterocycles. The molecular formula is C25H19F3N4O3. The van der Waals surface area contributed by atoms with Crippen LogP contribution in [0.15, 0.2) is 54.6 Å². The summed E-state index contributed by atoms with van der Waals surface area (Å²) in [5, 5.41) is 4.10. The molecule has 2 aliphatic rings. The van der Waals surface area contributed by atoms with Crippen molar-refractivity contribution in [1.82, 2.24) is 14.6 Å². The zero-order valence-electron chi connectivity index (χ0n) is 18.4. The fraction of sp³-hybridized carbons (Fsp3) is 0.240. The number of carbonyl (C=O) groups excluding carboxylic acids is 1. The van der Waals surface area contributed by atoms with E-state index in [1.54, 1.807) is 23.1 Å². The summed E-state index contributed by atoms with van der Waals surface area (Å²) in [6, 6.07) is 14.9. The number of anilines is 1. The summed E-state index contributed by atoms with van der Waals surface area (Å²) in [7, 11) is 0. The number of aromatic nitrogens is 3. The van der Waals surface area contributed by atoms with Gasteiger partial charge in [0.05, 0.1) is 17.8 Å². The monoisotopic (exact) mass is 480 g/mol. The largest absolute Gasteiger partial charge is 0.454 e. The zero-order chi connectivity index (χ0) is 24.2. The lowest BCUT2D eigenvalue weighted by molar-refractivity contribution is -0.142. The molecule has 0 bridgehead atoms. The van der Waals surface area contributed by atoms with Gasteiger partial charge in [0.15, 0.2) is 22.8 Å². The van der Waals surface area contributed by atoms with Gasteiger partial charge in [-0.25, -0.2) is 9.50 Å². The molecular weight excluding hydrogens is 461 g/mol. The van der Waals surface area contributed by atoms with Gasteiger partial charge >= 0.3 is 6.18 Å². The number of benzene rings is 2. The number of fused-ring (bicyclic) bond motifs is 3. The van der Waals surface area contributed by atoms with Crippen LogP contribution in [0.2, 0.25) is 0 Å². The molecule has 10 heteroatoms. The van der Waals surface area contributed by atoms with E-state index < -0.39 is 11.9 Å². The first kappa shape index (κ1) is 21.5. The minimum Gasteiger partial charge on any atom is -0.454 e. The van der Waals surface area contributed by atoms with E-state index in [-0.39, 0.29) is 36.2 Å². The molecule has 4 heterocycles. The van der Waals surface area contributed by atoms with Gasteiger partial charge in [0.25, 0.3) is 0 Å². The van der Waals surface area contributed by atoms with Crippen LogP contribution in [-0.4, -0.2) is 33.8 Å². The first-order valence-corrected chi connectivity index (χ1v) is 11.1. The molecule has 0 saturated heterocycles. The third-order valence-corrected chi connectivity index (χ3v) is 6.18. The molecule has 2 aromatic heterocycles. The maximum absolute atomic E-state index is 14.0. The Bertz CT molecular complexity index is 1460. The van der Waals surface area contributed by atoms with Gasteiger partial charge in [0, 0.05) is 23.9 Å². The number of para-hydroxylation sites is 1. The predicted octanol–water partition coefficient (Wildman–Crippen LogP) is 4.67. The summed E-state index contributed by atoms with van der Waals surface area (Å²) >= 11 is 0. The molecule has 178 valence electrons. The Balaban J connectivity index is 1.37. The highest BCUT2D eigenvalue weighted by Crippen LogP contribution is 2.37. The fourth-order valence-electron chi connectivity index (χ4n) is 4.56. The molecule has 0 aliphatic carbocycles. The summed E-state index contributed by atoms with van der Waals surface area (Å²) in [6.45, 7) is 0.615. The molecule has 0 atom stereocenters. The van der Waals surface area contributed by atoms with Crippen molar-refractivity contribution in [2.24, 2.45) is 0 Å². The number of amides is 1. The van der Waals surface area contributed by atoms with Crippen molar-refractivity contribution in [3.63, 3.8) is 0 Å². The molecule has 35 heavy (non-hydrogen) atoms. The lowest BCUT2D eigenvalue weighted by Crippen LogP contribution is -2.36. The van der Waals surface area contributed by atoms with Gasteiger partial charge in [-0.3, -0.25) is 4.79 Å². The third kappa shape index (κ3) is 3.84. The standard InChI is InChI=1S/C25H19F3N4O3/c26-25(27,28)22-13-18(16-7-8-20-21(10-16)35-14-34-20)29-23-11-17(30-32(22)23)12-24(33)31-9-3-5-15-4-1-2-6-19(15)31/h1-2,4,6-8,10-11,13H,3,5,9,12,14H2. The Morgan fingerprint density at radius 1 is 1.03 bits per heavy atom. The minimum absolute atomic E-state index is 0.00864. The first-order chi connectivity index (χ1) is 16.9. The van der Waals surface area contributed by atoms with Gasteiger partial charge in [-0.1, -0.05) is 18.2 Å². The van der Waals surface area contributed by atoms with E-state index in [1.807, 2.05) is 24.3 Å². The first-order valence-electron chi connectivity index (χ1n) is 11.1. The maximum atomic E-state index is 14.0. The third-order valence-electron chi connectivity index (χ3n) is 6.18. The molecule has 0 radical (unpaired) electrons. The van der Waals surface area contributed by atoms with E-state index in [4.69, 9.17) is 9.47 Å². The van der Waals surface area contributed by atoms with Crippen LogP contribution >= 0.6 is 0 Å². The van der Waals surface area contributed by atoms with Crippen LogP contribution in [0.25, 0.3) is 16.9 Å². The Morgan fingerprint density at radius 2 is 1.86 bits per heavy atom. The van der Waals surface area contributed by atoms with Gasteiger partial charge in [0.1, 0.15) is 0 Å². The van der Waals surface area contributed by atoms with Crippen molar-refractivity contribution >= 4 is 17.2 Å². The summed E-state index contributed by atoms with van der Waals surface area (Å²) < 4.78 is 53.2. The highest BCUT2D eigenvalue weighted by atomic mass is 19.4. The van der Waals surface area contributed by atoms with Crippen LogP contribution in [-0.2, 0) is 23.8 Å². The molecule has 2 aromatic carbocycles. The predicted molar refractivity (Wildman–Crippen MR) is 120 cm³/mol. The molecule has 7 nitrogen and oxygen atoms in total. The topological polar surface area (TPSA) is 69.0 Å². The molecule has 0 fully saturated rings. The van der Waals surface area contributed by atoms with Crippen LogP contribution < -0.4 is 14.4 Å². The smallest absolute Gasteiger partial charge is 0.433 e. The number of hydrogen-bond donors (Lipinski definition) is 0. The van der Waals surface area contributed by atoms with Crippen LogP contribution in [0.3, 0.4) is 0 Å². The number of nitrogens with zero attached hydrogens (tertiary/aromatic N) is 4. The van der Waals surface area contributed by atoms with Crippen LogP contribution in [0.4, 0.5) is 18.9 Å². The van der Waals surface area contributed by atoms with Gasteiger partial charge < -0.3 is 14.4 Å². The highest BCUT2D eigenvalue weighted by molar-refractivity contribution is 5.95. The summed E-state index contributed by atoms with van der Waals surface area (Å²) in [5.74, 6) is 0.750. The molecule has 0 spiro atoms. The number of carbonyl (C=O) groups is 1. The van der Waals surface area contributed by atoms with Crippen molar-refractivity contribution in [3.8, 4) is 22.8 Å².